The number of nitro benzene ring substituents is 1. The van der Waals surface area contributed by atoms with Gasteiger partial charge < -0.3 is 9.84 Å². The highest BCUT2D eigenvalue weighted by atomic mass is 19.1. The van der Waals surface area contributed by atoms with Crippen molar-refractivity contribution in [1.82, 2.24) is 14.8 Å². The van der Waals surface area contributed by atoms with E-state index in [1.165, 1.54) is 47.4 Å². The molecule has 1 N–H and O–H groups in total. The van der Waals surface area contributed by atoms with E-state index < -0.39 is 11.0 Å². The highest BCUT2D eigenvalue weighted by Gasteiger charge is 2.11. The fraction of sp³-hybridized carbons (Fsp3) is 0.176. The molecule has 0 saturated heterocycles. The molecular formula is C17H15FN4O4. The standard InChI is InChI=1S/C17H15FN4O4/c18-13-3-7-16(8-4-13)26-10-15(23)9-21-11-19-17(20-21)12-1-5-14(6-2-12)22(24)25/h1-8,11,15,23H,9-10H2/t15-/m0/s1. The van der Waals surface area contributed by atoms with E-state index in [1.54, 1.807) is 12.1 Å². The molecular weight excluding hydrogens is 343 g/mol. The number of rotatable bonds is 7. The van der Waals surface area contributed by atoms with E-state index in [2.05, 4.69) is 10.1 Å². The Kier molecular flexibility index (Phi) is 5.18. The van der Waals surface area contributed by atoms with E-state index >= 15 is 0 Å². The number of benzene rings is 2. The molecule has 0 bridgehead atoms. The Labute approximate surface area is 147 Å². The normalized spacial score (nSPS) is 11.9. The van der Waals surface area contributed by atoms with Crippen LogP contribution in [0.15, 0.2) is 54.9 Å². The van der Waals surface area contributed by atoms with Gasteiger partial charge in [-0.1, -0.05) is 0 Å². The molecule has 0 spiro atoms. The lowest BCUT2D eigenvalue weighted by Crippen LogP contribution is -2.23. The van der Waals surface area contributed by atoms with Gasteiger partial charge in [0, 0.05) is 17.7 Å². The van der Waals surface area contributed by atoms with Gasteiger partial charge >= 0.3 is 0 Å². The molecule has 0 amide bonds. The van der Waals surface area contributed by atoms with E-state index in [-0.39, 0.29) is 24.7 Å². The lowest BCUT2D eigenvalue weighted by molar-refractivity contribution is -0.384. The van der Waals surface area contributed by atoms with Crippen LogP contribution in [0, 0.1) is 15.9 Å². The van der Waals surface area contributed by atoms with Crippen molar-refractivity contribution in [2.24, 2.45) is 0 Å². The van der Waals surface area contributed by atoms with Gasteiger partial charge in [0.05, 0.1) is 11.5 Å². The van der Waals surface area contributed by atoms with Crippen LogP contribution in [-0.4, -0.2) is 37.5 Å². The number of aliphatic hydroxyl groups excluding tert-OH is 1. The summed E-state index contributed by atoms with van der Waals surface area (Å²) in [6, 6.07) is 11.4. The summed E-state index contributed by atoms with van der Waals surface area (Å²) in [5.74, 6) is 0.487. The Bertz CT molecular complexity index is 881. The van der Waals surface area contributed by atoms with Crippen LogP contribution in [0.3, 0.4) is 0 Å². The summed E-state index contributed by atoms with van der Waals surface area (Å²) in [5, 5.41) is 24.9. The topological polar surface area (TPSA) is 103 Å². The summed E-state index contributed by atoms with van der Waals surface area (Å²) < 4.78 is 19.7. The lowest BCUT2D eigenvalue weighted by atomic mass is 10.2. The molecule has 0 radical (unpaired) electrons. The molecule has 0 unspecified atom stereocenters. The molecule has 0 aliphatic heterocycles. The van der Waals surface area contributed by atoms with Crippen LogP contribution in [0.25, 0.3) is 11.4 Å². The van der Waals surface area contributed by atoms with Crippen molar-refractivity contribution < 1.29 is 19.2 Å². The van der Waals surface area contributed by atoms with Gasteiger partial charge in [-0.05, 0) is 36.4 Å². The van der Waals surface area contributed by atoms with Gasteiger partial charge in [0.2, 0.25) is 0 Å². The first-order valence-electron chi connectivity index (χ1n) is 7.72. The minimum Gasteiger partial charge on any atom is -0.491 e. The van der Waals surface area contributed by atoms with E-state index in [1.807, 2.05) is 0 Å². The molecule has 2 aromatic carbocycles. The van der Waals surface area contributed by atoms with Gasteiger partial charge in [0.1, 0.15) is 30.6 Å². The van der Waals surface area contributed by atoms with Crippen molar-refractivity contribution in [2.45, 2.75) is 12.6 Å². The second kappa shape index (κ2) is 7.70. The number of hydrogen-bond acceptors (Lipinski definition) is 6. The van der Waals surface area contributed by atoms with Crippen LogP contribution >= 0.6 is 0 Å². The molecule has 1 heterocycles. The average Bonchev–Trinajstić information content (AvgIpc) is 3.10. The number of aromatic nitrogens is 3. The highest BCUT2D eigenvalue weighted by Crippen LogP contribution is 2.19. The number of non-ortho nitro benzene ring substituents is 1. The molecule has 1 atom stereocenters. The third-order valence-corrected chi connectivity index (χ3v) is 3.53. The average molecular weight is 358 g/mol. The van der Waals surface area contributed by atoms with Gasteiger partial charge in [-0.25, -0.2) is 14.1 Å². The maximum absolute atomic E-state index is 12.8. The Morgan fingerprint density at radius 2 is 1.88 bits per heavy atom. The van der Waals surface area contributed by atoms with E-state index in [4.69, 9.17) is 4.74 Å². The van der Waals surface area contributed by atoms with Gasteiger partial charge in [-0.3, -0.25) is 10.1 Å². The SMILES string of the molecule is O=[N+]([O-])c1ccc(-c2ncn(C[C@H](O)COc3ccc(F)cc3)n2)cc1. The quantitative estimate of drug-likeness (QED) is 0.514. The molecule has 1 aromatic heterocycles. The maximum atomic E-state index is 12.8. The molecule has 0 aliphatic rings. The number of nitro groups is 1. The minimum absolute atomic E-state index is 0.0123. The van der Waals surface area contributed by atoms with E-state index in [9.17, 15) is 19.6 Å². The van der Waals surface area contributed by atoms with Crippen LogP contribution < -0.4 is 4.74 Å². The molecule has 0 fully saturated rings. The second-order valence-corrected chi connectivity index (χ2v) is 5.51. The van der Waals surface area contributed by atoms with E-state index in [0.29, 0.717) is 17.1 Å². The lowest BCUT2D eigenvalue weighted by Gasteiger charge is -2.12. The van der Waals surface area contributed by atoms with Crippen LogP contribution in [0.5, 0.6) is 5.75 Å². The Morgan fingerprint density at radius 1 is 1.19 bits per heavy atom. The third kappa shape index (κ3) is 4.39. The number of halogens is 1. The Morgan fingerprint density at radius 3 is 2.54 bits per heavy atom. The molecule has 9 heteroatoms. The molecule has 3 rings (SSSR count). The minimum atomic E-state index is -0.841. The summed E-state index contributed by atoms with van der Waals surface area (Å²) in [6.45, 7) is 0.166. The Hall–Kier alpha value is -3.33. The van der Waals surface area contributed by atoms with Gasteiger partial charge in [0.15, 0.2) is 5.82 Å². The monoisotopic (exact) mass is 358 g/mol. The summed E-state index contributed by atoms with van der Waals surface area (Å²) in [7, 11) is 0. The van der Waals surface area contributed by atoms with Crippen molar-refractivity contribution in [3.63, 3.8) is 0 Å². The highest BCUT2D eigenvalue weighted by molar-refractivity contribution is 5.56. The van der Waals surface area contributed by atoms with Crippen LogP contribution in [0.2, 0.25) is 0 Å². The molecule has 8 nitrogen and oxygen atoms in total. The smallest absolute Gasteiger partial charge is 0.269 e. The van der Waals surface area contributed by atoms with Crippen molar-refractivity contribution in [3.8, 4) is 17.1 Å². The number of aliphatic hydroxyl groups is 1. The van der Waals surface area contributed by atoms with Crippen LogP contribution in [-0.2, 0) is 6.54 Å². The van der Waals surface area contributed by atoms with Crippen molar-refractivity contribution >= 4 is 5.69 Å². The first-order chi connectivity index (χ1) is 12.5. The molecule has 0 aliphatic carbocycles. The number of nitrogens with zero attached hydrogens (tertiary/aromatic N) is 4. The van der Waals surface area contributed by atoms with Gasteiger partial charge in [-0.15, -0.1) is 0 Å². The van der Waals surface area contributed by atoms with Crippen molar-refractivity contribution in [3.05, 3.63) is 70.8 Å². The predicted molar refractivity (Wildman–Crippen MR) is 90.0 cm³/mol. The fourth-order valence-corrected chi connectivity index (χ4v) is 2.24. The van der Waals surface area contributed by atoms with Gasteiger partial charge in [0.25, 0.3) is 5.69 Å². The van der Waals surface area contributed by atoms with E-state index in [0.717, 1.165) is 0 Å². The van der Waals surface area contributed by atoms with Crippen LogP contribution in [0.4, 0.5) is 10.1 Å². The van der Waals surface area contributed by atoms with Gasteiger partial charge in [-0.2, -0.15) is 5.10 Å². The summed E-state index contributed by atoms with van der Waals surface area (Å²) in [6.07, 6.45) is 0.615. The second-order valence-electron chi connectivity index (χ2n) is 5.51. The third-order valence-electron chi connectivity index (χ3n) is 3.53. The first-order valence-corrected chi connectivity index (χ1v) is 7.72. The molecule has 134 valence electrons. The number of hydrogen-bond donors (Lipinski definition) is 1. The first kappa shape index (κ1) is 17.5. The summed E-state index contributed by atoms with van der Waals surface area (Å²) in [5.41, 5.74) is 0.618. The molecule has 0 saturated carbocycles. The zero-order valence-corrected chi connectivity index (χ0v) is 13.5. The summed E-state index contributed by atoms with van der Waals surface area (Å²) >= 11 is 0. The molecule has 3 aromatic rings. The zero-order chi connectivity index (χ0) is 18.5. The largest absolute Gasteiger partial charge is 0.491 e. The summed E-state index contributed by atoms with van der Waals surface area (Å²) in [4.78, 5) is 14.3. The van der Waals surface area contributed by atoms with Crippen molar-refractivity contribution in [2.75, 3.05) is 6.61 Å². The van der Waals surface area contributed by atoms with Crippen LogP contribution in [0.1, 0.15) is 0 Å². The zero-order valence-electron chi connectivity index (χ0n) is 13.5. The van der Waals surface area contributed by atoms with Crippen molar-refractivity contribution in [1.29, 1.82) is 0 Å². The fourth-order valence-electron chi connectivity index (χ4n) is 2.24. The number of ether oxygens (including phenoxy) is 1. The predicted octanol–water partition coefficient (Wildman–Crippen LogP) is 2.43. The molecule has 26 heavy (non-hydrogen) atoms. The Balaban J connectivity index is 1.57. The maximum Gasteiger partial charge on any atom is 0.269 e.